The van der Waals surface area contributed by atoms with Gasteiger partial charge in [-0.25, -0.2) is 9.67 Å². The van der Waals surface area contributed by atoms with Crippen LogP contribution in [-0.2, 0) is 13.1 Å². The van der Waals surface area contributed by atoms with Gasteiger partial charge in [-0.15, -0.1) is 0 Å². The monoisotopic (exact) mass is 350 g/mol. The Morgan fingerprint density at radius 1 is 1.19 bits per heavy atom. The Morgan fingerprint density at radius 3 is 2.62 bits per heavy atom. The van der Waals surface area contributed by atoms with E-state index in [1.807, 2.05) is 49.4 Å². The minimum Gasteiger partial charge on any atom is -0.496 e. The van der Waals surface area contributed by atoms with Crippen molar-refractivity contribution >= 4 is 5.91 Å². The van der Waals surface area contributed by atoms with Crippen LogP contribution in [0.5, 0.6) is 5.75 Å². The van der Waals surface area contributed by atoms with Crippen molar-refractivity contribution in [3.8, 4) is 5.75 Å². The van der Waals surface area contributed by atoms with Gasteiger partial charge in [-0.05, 0) is 30.7 Å². The lowest BCUT2D eigenvalue weighted by Crippen LogP contribution is -2.26. The maximum Gasteiger partial charge on any atom is 0.253 e. The Balaban J connectivity index is 1.69. The molecular formula is C20H22N4O2. The number of carbonyl (C=O) groups excluding carboxylic acids is 1. The highest BCUT2D eigenvalue weighted by atomic mass is 16.5. The maximum absolute atomic E-state index is 12.7. The number of aromatic nitrogens is 3. The predicted octanol–water partition coefficient (Wildman–Crippen LogP) is 2.92. The molecule has 0 spiro atoms. The maximum atomic E-state index is 12.7. The zero-order valence-electron chi connectivity index (χ0n) is 15.2. The molecule has 0 aliphatic heterocycles. The minimum absolute atomic E-state index is 0.0270. The fourth-order valence-electron chi connectivity index (χ4n) is 2.83. The van der Waals surface area contributed by atoms with Crippen LogP contribution in [0.3, 0.4) is 0 Å². The van der Waals surface area contributed by atoms with Crippen LogP contribution in [0.15, 0.2) is 55.1 Å². The lowest BCUT2D eigenvalue weighted by molar-refractivity contribution is 0.0784. The Bertz CT molecular complexity index is 873. The largest absolute Gasteiger partial charge is 0.496 e. The average molecular weight is 350 g/mol. The molecule has 0 radical (unpaired) electrons. The number of benzene rings is 2. The quantitative estimate of drug-likeness (QED) is 0.686. The normalized spacial score (nSPS) is 10.6. The highest BCUT2D eigenvalue weighted by Gasteiger charge is 2.14. The van der Waals surface area contributed by atoms with Gasteiger partial charge in [0.05, 0.1) is 13.7 Å². The summed E-state index contributed by atoms with van der Waals surface area (Å²) in [5.74, 6) is 0.763. The molecule has 1 heterocycles. The summed E-state index contributed by atoms with van der Waals surface area (Å²) in [4.78, 5) is 18.3. The number of hydrogen-bond donors (Lipinski definition) is 0. The van der Waals surface area contributed by atoms with Gasteiger partial charge in [0, 0.05) is 24.7 Å². The summed E-state index contributed by atoms with van der Waals surface area (Å²) in [6.07, 6.45) is 3.18. The van der Waals surface area contributed by atoms with Crippen LogP contribution >= 0.6 is 0 Å². The van der Waals surface area contributed by atoms with Crippen molar-refractivity contribution in [1.29, 1.82) is 0 Å². The number of hydrogen-bond acceptors (Lipinski definition) is 4. The molecule has 0 bridgehead atoms. The van der Waals surface area contributed by atoms with Gasteiger partial charge in [0.15, 0.2) is 0 Å². The molecule has 0 fully saturated rings. The van der Waals surface area contributed by atoms with Crippen LogP contribution in [-0.4, -0.2) is 39.7 Å². The van der Waals surface area contributed by atoms with E-state index in [1.165, 1.54) is 6.33 Å². The third kappa shape index (κ3) is 4.08. The zero-order valence-corrected chi connectivity index (χ0v) is 15.2. The van der Waals surface area contributed by atoms with Crippen molar-refractivity contribution in [2.24, 2.45) is 0 Å². The second-order valence-corrected chi connectivity index (χ2v) is 6.27. The van der Waals surface area contributed by atoms with Gasteiger partial charge >= 0.3 is 0 Å². The fraction of sp³-hybridized carbons (Fsp3) is 0.250. The molecule has 3 aromatic rings. The summed E-state index contributed by atoms with van der Waals surface area (Å²) in [6, 6.07) is 13.5. The second-order valence-electron chi connectivity index (χ2n) is 6.27. The van der Waals surface area contributed by atoms with Crippen LogP contribution in [0.1, 0.15) is 27.0 Å². The predicted molar refractivity (Wildman–Crippen MR) is 99.1 cm³/mol. The van der Waals surface area contributed by atoms with E-state index in [4.69, 9.17) is 4.74 Å². The standard InChI is InChI=1S/C20H22N4O2/c1-15-4-9-19(26-3)18(10-15)12-23(2)20(25)17-7-5-16(6-8-17)11-24-14-21-13-22-24/h4-10,13-14H,11-12H2,1-3H3. The van der Waals surface area contributed by atoms with Crippen LogP contribution in [0.25, 0.3) is 0 Å². The van der Waals surface area contributed by atoms with Gasteiger partial charge in [0.2, 0.25) is 0 Å². The topological polar surface area (TPSA) is 60.2 Å². The first-order valence-corrected chi connectivity index (χ1v) is 8.37. The van der Waals surface area contributed by atoms with E-state index in [0.717, 1.165) is 22.4 Å². The molecule has 0 aliphatic carbocycles. The molecule has 6 heteroatoms. The Kier molecular flexibility index (Phi) is 5.31. The molecule has 0 unspecified atom stereocenters. The SMILES string of the molecule is COc1ccc(C)cc1CN(C)C(=O)c1ccc(Cn2cncn2)cc1. The summed E-state index contributed by atoms with van der Waals surface area (Å²) in [6.45, 7) is 3.15. The molecule has 1 aromatic heterocycles. The first-order valence-electron chi connectivity index (χ1n) is 8.37. The highest BCUT2D eigenvalue weighted by molar-refractivity contribution is 5.94. The zero-order chi connectivity index (χ0) is 18.5. The van der Waals surface area contributed by atoms with Crippen LogP contribution in [0.4, 0.5) is 0 Å². The number of aryl methyl sites for hydroxylation is 1. The van der Waals surface area contributed by atoms with E-state index in [2.05, 4.69) is 10.1 Å². The van der Waals surface area contributed by atoms with Gasteiger partial charge in [-0.3, -0.25) is 4.79 Å². The van der Waals surface area contributed by atoms with Crippen LogP contribution < -0.4 is 4.74 Å². The molecule has 3 rings (SSSR count). The smallest absolute Gasteiger partial charge is 0.253 e. The van der Waals surface area contributed by atoms with Gasteiger partial charge in [-0.2, -0.15) is 5.10 Å². The van der Waals surface area contributed by atoms with Crippen molar-refractivity contribution < 1.29 is 9.53 Å². The van der Waals surface area contributed by atoms with Gasteiger partial charge in [0.1, 0.15) is 18.4 Å². The van der Waals surface area contributed by atoms with E-state index in [1.54, 1.807) is 30.1 Å². The molecule has 26 heavy (non-hydrogen) atoms. The highest BCUT2D eigenvalue weighted by Crippen LogP contribution is 2.21. The molecule has 0 atom stereocenters. The first kappa shape index (κ1) is 17.7. The van der Waals surface area contributed by atoms with E-state index in [0.29, 0.717) is 18.7 Å². The number of methoxy groups -OCH3 is 1. The van der Waals surface area contributed by atoms with Gasteiger partial charge < -0.3 is 9.64 Å². The Labute approximate surface area is 153 Å². The van der Waals surface area contributed by atoms with Crippen molar-refractivity contribution in [3.63, 3.8) is 0 Å². The Morgan fingerprint density at radius 2 is 1.96 bits per heavy atom. The minimum atomic E-state index is -0.0270. The summed E-state index contributed by atoms with van der Waals surface area (Å²) in [7, 11) is 3.44. The first-order chi connectivity index (χ1) is 12.6. The summed E-state index contributed by atoms with van der Waals surface area (Å²) < 4.78 is 7.14. The third-order valence-electron chi connectivity index (χ3n) is 4.20. The molecule has 0 saturated heterocycles. The molecule has 134 valence electrons. The van der Waals surface area contributed by atoms with E-state index >= 15 is 0 Å². The molecule has 0 N–H and O–H groups in total. The molecule has 2 aromatic carbocycles. The van der Waals surface area contributed by atoms with Crippen LogP contribution in [0.2, 0.25) is 0 Å². The molecular weight excluding hydrogens is 328 g/mol. The molecule has 1 amide bonds. The summed E-state index contributed by atoms with van der Waals surface area (Å²) in [5.41, 5.74) is 3.85. The molecule has 0 aliphatic rings. The fourth-order valence-corrected chi connectivity index (χ4v) is 2.83. The summed E-state index contributed by atoms with van der Waals surface area (Å²) in [5, 5.41) is 4.09. The van der Waals surface area contributed by atoms with Crippen molar-refractivity contribution in [2.75, 3.05) is 14.2 Å². The molecule has 0 saturated carbocycles. The van der Waals surface area contributed by atoms with Gasteiger partial charge in [-0.1, -0.05) is 29.8 Å². The lowest BCUT2D eigenvalue weighted by atomic mass is 10.1. The van der Waals surface area contributed by atoms with E-state index < -0.39 is 0 Å². The average Bonchev–Trinajstić information content (AvgIpc) is 3.15. The van der Waals surface area contributed by atoms with E-state index in [-0.39, 0.29) is 5.91 Å². The number of ether oxygens (including phenoxy) is 1. The Hall–Kier alpha value is -3.15. The number of nitrogens with zero attached hydrogens (tertiary/aromatic N) is 4. The van der Waals surface area contributed by atoms with Gasteiger partial charge in [0.25, 0.3) is 5.91 Å². The molecule has 6 nitrogen and oxygen atoms in total. The van der Waals surface area contributed by atoms with Crippen molar-refractivity contribution in [3.05, 3.63) is 77.4 Å². The number of rotatable bonds is 6. The van der Waals surface area contributed by atoms with E-state index in [9.17, 15) is 4.79 Å². The van der Waals surface area contributed by atoms with Crippen LogP contribution in [0, 0.1) is 6.92 Å². The number of carbonyl (C=O) groups is 1. The summed E-state index contributed by atoms with van der Waals surface area (Å²) >= 11 is 0. The number of amides is 1. The second kappa shape index (κ2) is 7.82. The third-order valence-corrected chi connectivity index (χ3v) is 4.20. The van der Waals surface area contributed by atoms with Crippen molar-refractivity contribution in [1.82, 2.24) is 19.7 Å². The lowest BCUT2D eigenvalue weighted by Gasteiger charge is -2.19. The van der Waals surface area contributed by atoms with Crippen molar-refractivity contribution in [2.45, 2.75) is 20.0 Å².